The molecule has 0 saturated carbocycles. The molecule has 22 heavy (non-hydrogen) atoms. The molecule has 8 nitrogen and oxygen atoms in total. The van der Waals surface area contributed by atoms with E-state index < -0.39 is 0 Å². The Kier molecular flexibility index (Phi) is 2.56. The van der Waals surface area contributed by atoms with Crippen LogP contribution in [-0.4, -0.2) is 34.3 Å². The minimum atomic E-state index is -0.218. The van der Waals surface area contributed by atoms with Gasteiger partial charge in [-0.25, -0.2) is 9.67 Å². The number of fused-ring (bicyclic) bond motifs is 5. The fraction of sp³-hybridized carbons (Fsp3) is 0.357. The summed E-state index contributed by atoms with van der Waals surface area (Å²) in [6.07, 6.45) is 4.01. The van der Waals surface area contributed by atoms with Crippen molar-refractivity contribution in [2.24, 2.45) is 0 Å². The van der Waals surface area contributed by atoms with E-state index in [1.165, 1.54) is 0 Å². The third kappa shape index (κ3) is 1.60. The van der Waals surface area contributed by atoms with Gasteiger partial charge in [0.1, 0.15) is 0 Å². The Morgan fingerprint density at radius 1 is 1.27 bits per heavy atom. The molecule has 0 spiro atoms. The van der Waals surface area contributed by atoms with E-state index in [1.54, 1.807) is 16.9 Å². The van der Waals surface area contributed by atoms with Crippen LogP contribution in [0.1, 0.15) is 32.6 Å². The van der Waals surface area contributed by atoms with Gasteiger partial charge in [0.15, 0.2) is 11.5 Å². The summed E-state index contributed by atoms with van der Waals surface area (Å²) in [6, 6.07) is 0.182. The van der Waals surface area contributed by atoms with Gasteiger partial charge in [0.2, 0.25) is 5.78 Å². The molecule has 0 aromatic carbocycles. The number of hydrogen-bond acceptors (Lipinski definition) is 5. The van der Waals surface area contributed by atoms with Crippen LogP contribution in [0.4, 0.5) is 0 Å². The van der Waals surface area contributed by atoms with Crippen molar-refractivity contribution in [2.75, 3.05) is 0 Å². The number of rotatable bonds is 2. The maximum atomic E-state index is 12.3. The number of nitrogens with one attached hydrogen (secondary N) is 1. The van der Waals surface area contributed by atoms with Gasteiger partial charge < -0.3 is 0 Å². The summed E-state index contributed by atoms with van der Waals surface area (Å²) in [5, 5.41) is 10.1. The maximum Gasteiger partial charge on any atom is 0.261 e. The fourth-order valence-electron chi connectivity index (χ4n) is 2.67. The largest absolute Gasteiger partial charge is 0.290 e. The van der Waals surface area contributed by atoms with Crippen LogP contribution >= 0.6 is 0 Å². The van der Waals surface area contributed by atoms with Crippen molar-refractivity contribution in [3.63, 3.8) is 0 Å². The lowest BCUT2D eigenvalue weighted by atomic mass is 10.2. The Labute approximate surface area is 124 Å². The van der Waals surface area contributed by atoms with E-state index in [9.17, 15) is 4.79 Å². The lowest BCUT2D eigenvalue weighted by Gasteiger charge is -2.06. The minimum Gasteiger partial charge on any atom is -0.290 e. The van der Waals surface area contributed by atoms with Gasteiger partial charge in [-0.2, -0.15) is 14.6 Å². The van der Waals surface area contributed by atoms with Gasteiger partial charge in [-0.05, 0) is 13.8 Å². The Balaban J connectivity index is 2.25. The van der Waals surface area contributed by atoms with E-state index in [4.69, 9.17) is 0 Å². The van der Waals surface area contributed by atoms with Gasteiger partial charge in [-0.1, -0.05) is 6.92 Å². The molecule has 4 heterocycles. The molecule has 4 aromatic heterocycles. The van der Waals surface area contributed by atoms with E-state index in [1.807, 2.05) is 25.5 Å². The van der Waals surface area contributed by atoms with Crippen LogP contribution in [0.5, 0.6) is 0 Å². The number of nitrogens with zero attached hydrogens (tertiary/aromatic N) is 6. The topological polar surface area (TPSA) is 93.8 Å². The number of hydrogen-bond donors (Lipinski definition) is 1. The highest BCUT2D eigenvalue weighted by Gasteiger charge is 2.16. The number of aromatic nitrogens is 7. The lowest BCUT2D eigenvalue weighted by molar-refractivity contribution is 0.546. The van der Waals surface area contributed by atoms with Gasteiger partial charge in [-0.3, -0.25) is 9.78 Å². The average Bonchev–Trinajstić information content (AvgIpc) is 3.09. The summed E-state index contributed by atoms with van der Waals surface area (Å²) >= 11 is 0. The molecule has 0 radical (unpaired) electrons. The van der Waals surface area contributed by atoms with E-state index in [-0.39, 0.29) is 11.6 Å². The molecule has 4 rings (SSSR count). The molecule has 0 amide bonds. The first kappa shape index (κ1) is 12.9. The molecule has 0 aliphatic heterocycles. The standard InChI is InChI=1S/C14H15N7O/c1-4-10-17-14-18-13(22)9-5-15-12-8(11(9)21(14)19-10)6-16-20(12)7(2)3/h5-7H,4H2,1-3H3,(H,17,18,19,22). The van der Waals surface area contributed by atoms with Crippen molar-refractivity contribution in [3.8, 4) is 0 Å². The predicted molar refractivity (Wildman–Crippen MR) is 82.0 cm³/mol. The monoisotopic (exact) mass is 297 g/mol. The third-order valence-electron chi connectivity index (χ3n) is 3.73. The molecule has 1 N–H and O–H groups in total. The summed E-state index contributed by atoms with van der Waals surface area (Å²) in [5.74, 6) is 1.13. The Morgan fingerprint density at radius 3 is 2.82 bits per heavy atom. The summed E-state index contributed by atoms with van der Waals surface area (Å²) in [7, 11) is 0. The van der Waals surface area contributed by atoms with E-state index in [0.29, 0.717) is 28.9 Å². The zero-order valence-electron chi connectivity index (χ0n) is 12.5. The average molecular weight is 297 g/mol. The molecule has 0 unspecified atom stereocenters. The molecule has 0 fully saturated rings. The van der Waals surface area contributed by atoms with Gasteiger partial charge in [0.25, 0.3) is 5.56 Å². The van der Waals surface area contributed by atoms with Crippen molar-refractivity contribution >= 4 is 27.7 Å². The highest BCUT2D eigenvalue weighted by Crippen LogP contribution is 2.23. The first-order valence-corrected chi connectivity index (χ1v) is 7.24. The summed E-state index contributed by atoms with van der Waals surface area (Å²) in [6.45, 7) is 6.05. The summed E-state index contributed by atoms with van der Waals surface area (Å²) in [4.78, 5) is 23.8. The van der Waals surface area contributed by atoms with E-state index in [2.05, 4.69) is 25.1 Å². The van der Waals surface area contributed by atoms with Gasteiger partial charge in [0.05, 0.1) is 22.5 Å². The van der Waals surface area contributed by atoms with Crippen LogP contribution < -0.4 is 5.56 Å². The second-order valence-corrected chi connectivity index (χ2v) is 5.51. The molecule has 0 aliphatic rings. The maximum absolute atomic E-state index is 12.3. The van der Waals surface area contributed by atoms with Gasteiger partial charge in [-0.15, -0.1) is 5.10 Å². The smallest absolute Gasteiger partial charge is 0.261 e. The minimum absolute atomic E-state index is 0.182. The van der Waals surface area contributed by atoms with Crippen LogP contribution in [-0.2, 0) is 6.42 Å². The zero-order valence-corrected chi connectivity index (χ0v) is 12.5. The molecule has 8 heteroatoms. The summed E-state index contributed by atoms with van der Waals surface area (Å²) < 4.78 is 3.51. The van der Waals surface area contributed by atoms with Crippen molar-refractivity contribution in [1.82, 2.24) is 34.3 Å². The highest BCUT2D eigenvalue weighted by molar-refractivity contribution is 6.02. The SMILES string of the molecule is CCc1nc2[nH]c(=O)c3cnc4c(cnn4C(C)C)c3n2n1. The molecule has 4 aromatic rings. The van der Waals surface area contributed by atoms with Crippen molar-refractivity contribution < 1.29 is 0 Å². The second-order valence-electron chi connectivity index (χ2n) is 5.51. The predicted octanol–water partition coefficient (Wildman–Crippen LogP) is 1.46. The first-order valence-electron chi connectivity index (χ1n) is 7.24. The highest BCUT2D eigenvalue weighted by atomic mass is 16.1. The molecule has 0 saturated heterocycles. The number of aryl methyl sites for hydroxylation is 1. The molecule has 112 valence electrons. The molecule has 0 bridgehead atoms. The van der Waals surface area contributed by atoms with E-state index >= 15 is 0 Å². The van der Waals surface area contributed by atoms with Crippen molar-refractivity contribution in [3.05, 3.63) is 28.6 Å². The van der Waals surface area contributed by atoms with E-state index in [0.717, 1.165) is 11.0 Å². The number of pyridine rings is 1. The molecule has 0 atom stereocenters. The Hall–Kier alpha value is -2.77. The van der Waals surface area contributed by atoms with Crippen LogP contribution in [0, 0.1) is 0 Å². The van der Waals surface area contributed by atoms with Crippen molar-refractivity contribution in [2.45, 2.75) is 33.2 Å². The number of H-pyrrole nitrogens is 1. The van der Waals surface area contributed by atoms with Gasteiger partial charge in [0, 0.05) is 18.7 Å². The van der Waals surface area contributed by atoms with Crippen LogP contribution in [0.15, 0.2) is 17.2 Å². The van der Waals surface area contributed by atoms with Crippen LogP contribution in [0.25, 0.3) is 27.7 Å². The number of aromatic amines is 1. The first-order chi connectivity index (χ1) is 10.6. The van der Waals surface area contributed by atoms with Crippen LogP contribution in [0.3, 0.4) is 0 Å². The third-order valence-corrected chi connectivity index (χ3v) is 3.73. The Morgan fingerprint density at radius 2 is 2.09 bits per heavy atom. The zero-order chi connectivity index (χ0) is 15.4. The second kappa shape index (κ2) is 4.36. The molecular weight excluding hydrogens is 282 g/mol. The summed E-state index contributed by atoms with van der Waals surface area (Å²) in [5.41, 5.74) is 1.22. The quantitative estimate of drug-likeness (QED) is 0.604. The molecule has 0 aliphatic carbocycles. The van der Waals surface area contributed by atoms with Gasteiger partial charge >= 0.3 is 0 Å². The fourth-order valence-corrected chi connectivity index (χ4v) is 2.67. The normalized spacial score (nSPS) is 12.2. The lowest BCUT2D eigenvalue weighted by Crippen LogP contribution is -2.11. The van der Waals surface area contributed by atoms with Crippen molar-refractivity contribution in [1.29, 1.82) is 0 Å². The van der Waals surface area contributed by atoms with Crippen LogP contribution in [0.2, 0.25) is 0 Å². The Bertz CT molecular complexity index is 1070. The molecular formula is C14H15N7O.